The Morgan fingerprint density at radius 3 is 2.88 bits per heavy atom. The fraction of sp³-hybridized carbons (Fsp3) is 0.917. The van der Waals surface area contributed by atoms with Crippen LogP contribution < -0.4 is 11.1 Å². The highest BCUT2D eigenvalue weighted by Gasteiger charge is 2.22. The summed E-state index contributed by atoms with van der Waals surface area (Å²) in [6.45, 7) is 3.29. The van der Waals surface area contributed by atoms with Gasteiger partial charge in [0.1, 0.15) is 0 Å². The highest BCUT2D eigenvalue weighted by Crippen LogP contribution is 2.17. The van der Waals surface area contributed by atoms with Crippen LogP contribution in [0.3, 0.4) is 0 Å². The zero-order chi connectivity index (χ0) is 12.1. The van der Waals surface area contributed by atoms with Crippen molar-refractivity contribution in [2.24, 2.45) is 5.73 Å². The minimum Gasteiger partial charge on any atom is -0.374 e. The number of hydrogen-bond acceptors (Lipinski definition) is 4. The lowest BCUT2D eigenvalue weighted by atomic mass is 10.2. The first kappa shape index (κ1) is 12.8. The van der Waals surface area contributed by atoms with Gasteiger partial charge in [-0.3, -0.25) is 9.69 Å². The normalized spacial score (nSPS) is 27.2. The third-order valence-electron chi connectivity index (χ3n) is 3.57. The Kier molecular flexibility index (Phi) is 4.76. The first-order chi connectivity index (χ1) is 8.28. The van der Waals surface area contributed by atoms with Crippen molar-refractivity contribution >= 4 is 5.91 Å². The van der Waals surface area contributed by atoms with Gasteiger partial charge < -0.3 is 15.8 Å². The Bertz CT molecular complexity index is 254. The van der Waals surface area contributed by atoms with Gasteiger partial charge in [0.25, 0.3) is 0 Å². The smallest absolute Gasteiger partial charge is 0.234 e. The molecule has 0 aromatic heterocycles. The van der Waals surface area contributed by atoms with E-state index in [2.05, 4.69) is 10.2 Å². The second-order valence-electron chi connectivity index (χ2n) is 5.01. The van der Waals surface area contributed by atoms with Crippen molar-refractivity contribution in [3.63, 3.8) is 0 Å². The lowest BCUT2D eigenvalue weighted by Gasteiger charge is -2.32. The maximum absolute atomic E-state index is 11.8. The molecule has 1 unspecified atom stereocenters. The van der Waals surface area contributed by atoms with Crippen LogP contribution in [0.5, 0.6) is 0 Å². The van der Waals surface area contributed by atoms with Crippen molar-refractivity contribution in [2.75, 3.05) is 32.8 Å². The van der Waals surface area contributed by atoms with E-state index < -0.39 is 0 Å². The Morgan fingerprint density at radius 2 is 2.18 bits per heavy atom. The number of amides is 1. The molecule has 1 heterocycles. The summed E-state index contributed by atoms with van der Waals surface area (Å²) in [7, 11) is 0. The topological polar surface area (TPSA) is 67.6 Å². The maximum atomic E-state index is 11.8. The van der Waals surface area contributed by atoms with Crippen molar-refractivity contribution in [3.05, 3.63) is 0 Å². The monoisotopic (exact) mass is 241 g/mol. The van der Waals surface area contributed by atoms with Crippen LogP contribution in [-0.4, -0.2) is 55.7 Å². The van der Waals surface area contributed by atoms with Crippen molar-refractivity contribution in [2.45, 2.75) is 37.8 Å². The van der Waals surface area contributed by atoms with Crippen molar-refractivity contribution in [1.82, 2.24) is 10.2 Å². The molecule has 5 nitrogen and oxygen atoms in total. The molecule has 2 aliphatic rings. The Balaban J connectivity index is 1.70. The van der Waals surface area contributed by atoms with Crippen molar-refractivity contribution in [3.8, 4) is 0 Å². The zero-order valence-corrected chi connectivity index (χ0v) is 10.4. The van der Waals surface area contributed by atoms with Crippen LogP contribution in [0.2, 0.25) is 0 Å². The third-order valence-corrected chi connectivity index (χ3v) is 3.57. The number of nitrogens with two attached hydrogens (primary N) is 1. The van der Waals surface area contributed by atoms with Crippen LogP contribution in [0.4, 0.5) is 0 Å². The van der Waals surface area contributed by atoms with E-state index in [1.165, 1.54) is 12.8 Å². The summed E-state index contributed by atoms with van der Waals surface area (Å²) in [6, 6.07) is 0.411. The summed E-state index contributed by atoms with van der Waals surface area (Å²) in [5, 5.41) is 3.11. The van der Waals surface area contributed by atoms with Gasteiger partial charge >= 0.3 is 0 Å². The molecular weight excluding hydrogens is 218 g/mol. The number of carbonyl (C=O) groups excluding carboxylic acids is 1. The molecule has 1 atom stereocenters. The van der Waals surface area contributed by atoms with Crippen LogP contribution in [0.15, 0.2) is 0 Å². The standard InChI is InChI=1S/C12H23N3O2/c13-7-11-8-15(5-6-17-11)9-12(16)14-10-3-1-2-4-10/h10-11H,1-9,13H2,(H,14,16). The minimum absolute atomic E-state index is 0.0861. The molecule has 0 aromatic rings. The van der Waals surface area contributed by atoms with E-state index in [1.54, 1.807) is 0 Å². The van der Waals surface area contributed by atoms with Crippen LogP contribution in [0, 0.1) is 0 Å². The number of hydrogen-bond donors (Lipinski definition) is 2. The van der Waals surface area contributed by atoms with Gasteiger partial charge in [-0.25, -0.2) is 0 Å². The van der Waals surface area contributed by atoms with Gasteiger partial charge in [0.2, 0.25) is 5.91 Å². The number of morpholine rings is 1. The zero-order valence-electron chi connectivity index (χ0n) is 10.4. The van der Waals surface area contributed by atoms with Gasteiger partial charge in [0.15, 0.2) is 0 Å². The average Bonchev–Trinajstić information content (AvgIpc) is 2.82. The lowest BCUT2D eigenvalue weighted by molar-refractivity contribution is -0.124. The molecule has 98 valence electrons. The molecule has 1 aliphatic heterocycles. The van der Waals surface area contributed by atoms with E-state index in [9.17, 15) is 4.79 Å². The number of nitrogens with zero attached hydrogens (tertiary/aromatic N) is 1. The molecule has 3 N–H and O–H groups in total. The lowest BCUT2D eigenvalue weighted by Crippen LogP contribution is -2.49. The first-order valence-electron chi connectivity index (χ1n) is 6.61. The number of rotatable bonds is 4. The summed E-state index contributed by atoms with van der Waals surface area (Å²) < 4.78 is 5.47. The predicted molar refractivity (Wildman–Crippen MR) is 65.6 cm³/mol. The van der Waals surface area contributed by atoms with Gasteiger partial charge in [-0.2, -0.15) is 0 Å². The molecule has 1 amide bonds. The fourth-order valence-corrected chi connectivity index (χ4v) is 2.61. The molecular formula is C12H23N3O2. The molecule has 2 rings (SSSR count). The molecule has 5 heteroatoms. The van der Waals surface area contributed by atoms with Gasteiger partial charge in [-0.05, 0) is 12.8 Å². The Labute approximate surface area is 103 Å². The summed E-state index contributed by atoms with van der Waals surface area (Å²) in [5.41, 5.74) is 5.58. The molecule has 1 aliphatic carbocycles. The van der Waals surface area contributed by atoms with Crippen molar-refractivity contribution < 1.29 is 9.53 Å². The average molecular weight is 241 g/mol. The van der Waals surface area contributed by atoms with E-state index in [0.717, 1.165) is 25.9 Å². The molecule has 17 heavy (non-hydrogen) atoms. The molecule has 0 radical (unpaired) electrons. The molecule has 0 bridgehead atoms. The molecule has 0 aromatic carbocycles. The molecule has 2 fully saturated rings. The summed E-state index contributed by atoms with van der Waals surface area (Å²) >= 11 is 0. The largest absolute Gasteiger partial charge is 0.374 e. The van der Waals surface area contributed by atoms with Crippen LogP contribution in [0.25, 0.3) is 0 Å². The summed E-state index contributed by atoms with van der Waals surface area (Å²) in [6.07, 6.45) is 4.86. The molecule has 1 saturated carbocycles. The van der Waals surface area contributed by atoms with E-state index in [1.807, 2.05) is 0 Å². The second kappa shape index (κ2) is 6.33. The van der Waals surface area contributed by atoms with E-state index >= 15 is 0 Å². The summed E-state index contributed by atoms with van der Waals surface area (Å²) in [5.74, 6) is 0.148. The van der Waals surface area contributed by atoms with Crippen molar-refractivity contribution in [1.29, 1.82) is 0 Å². The van der Waals surface area contributed by atoms with Crippen LogP contribution >= 0.6 is 0 Å². The molecule has 1 saturated heterocycles. The van der Waals surface area contributed by atoms with Crippen LogP contribution in [0.1, 0.15) is 25.7 Å². The Morgan fingerprint density at radius 1 is 1.41 bits per heavy atom. The highest BCUT2D eigenvalue weighted by atomic mass is 16.5. The Hall–Kier alpha value is -0.650. The van der Waals surface area contributed by atoms with E-state index in [-0.39, 0.29) is 12.0 Å². The predicted octanol–water partition coefficient (Wildman–Crippen LogP) is -0.295. The second-order valence-corrected chi connectivity index (χ2v) is 5.01. The first-order valence-corrected chi connectivity index (χ1v) is 6.61. The fourth-order valence-electron chi connectivity index (χ4n) is 2.61. The number of carbonyl (C=O) groups is 1. The molecule has 0 spiro atoms. The summed E-state index contributed by atoms with van der Waals surface area (Å²) in [4.78, 5) is 14.0. The van der Waals surface area contributed by atoms with Gasteiger partial charge in [-0.15, -0.1) is 0 Å². The van der Waals surface area contributed by atoms with Crippen LogP contribution in [-0.2, 0) is 9.53 Å². The van der Waals surface area contributed by atoms with Gasteiger partial charge in [0, 0.05) is 25.7 Å². The number of ether oxygens (including phenoxy) is 1. The minimum atomic E-state index is 0.0861. The van der Waals surface area contributed by atoms with Gasteiger partial charge in [-0.1, -0.05) is 12.8 Å². The van der Waals surface area contributed by atoms with Gasteiger partial charge in [0.05, 0.1) is 19.3 Å². The SMILES string of the molecule is NCC1CN(CC(=O)NC2CCCC2)CCO1. The van der Waals surface area contributed by atoms with E-state index in [0.29, 0.717) is 25.7 Å². The number of nitrogens with one attached hydrogen (secondary N) is 1. The maximum Gasteiger partial charge on any atom is 0.234 e. The third kappa shape index (κ3) is 3.94. The quantitative estimate of drug-likeness (QED) is 0.709. The highest BCUT2D eigenvalue weighted by molar-refractivity contribution is 5.78. The van der Waals surface area contributed by atoms with E-state index in [4.69, 9.17) is 10.5 Å².